The number of alkyl halides is 1. The first-order chi connectivity index (χ1) is 15.2. The van der Waals surface area contributed by atoms with E-state index in [1.165, 1.54) is 12.3 Å². The molecule has 2 heterocycles. The first-order valence-electron chi connectivity index (χ1n) is 10.3. The lowest BCUT2D eigenvalue weighted by molar-refractivity contribution is 0.233. The lowest BCUT2D eigenvalue weighted by atomic mass is 10.2. The summed E-state index contributed by atoms with van der Waals surface area (Å²) < 4.78 is 45.0. The molecular weight excluding hydrogens is 422 g/mol. The number of primary amides is 1. The third kappa shape index (κ3) is 5.06. The normalized spacial score (nSPS) is 20.7. The van der Waals surface area contributed by atoms with Crippen molar-refractivity contribution in [1.29, 1.82) is 0 Å². The molecule has 1 saturated carbocycles. The summed E-state index contributed by atoms with van der Waals surface area (Å²) in [5, 5.41) is 2.46. The summed E-state index contributed by atoms with van der Waals surface area (Å²) >= 11 is 0. The average molecular weight is 446 g/mol. The van der Waals surface area contributed by atoms with Crippen LogP contribution in [-0.2, 0) is 0 Å². The number of hydrogen-bond donors (Lipinski definition) is 2. The van der Waals surface area contributed by atoms with Gasteiger partial charge in [-0.3, -0.25) is 0 Å². The maximum atomic E-state index is 14.6. The Labute approximate surface area is 183 Å². The van der Waals surface area contributed by atoms with Gasteiger partial charge in [-0.2, -0.15) is 0 Å². The van der Waals surface area contributed by atoms with Crippen LogP contribution in [0.25, 0.3) is 22.7 Å². The number of carbonyl (C=O) groups excluding carboxylic acids is 1. The van der Waals surface area contributed by atoms with E-state index >= 15 is 0 Å². The number of amides is 2. The highest BCUT2D eigenvalue weighted by molar-refractivity contribution is 5.77. The molecule has 3 atom stereocenters. The number of carbonyl (C=O) groups is 1. The number of hydrogen-bond acceptors (Lipinski definition) is 6. The third-order valence-electron chi connectivity index (χ3n) is 5.34. The van der Waals surface area contributed by atoms with Gasteiger partial charge in [0.1, 0.15) is 29.3 Å². The summed E-state index contributed by atoms with van der Waals surface area (Å²) in [7, 11) is 0. The van der Waals surface area contributed by atoms with E-state index in [4.69, 9.17) is 19.6 Å². The largest absolute Gasteiger partial charge is 0.493 e. The van der Waals surface area contributed by atoms with Gasteiger partial charge in [0.2, 0.25) is 5.89 Å². The molecule has 3 aromatic rings. The quantitative estimate of drug-likeness (QED) is 0.514. The molecule has 10 heteroatoms. The van der Waals surface area contributed by atoms with Crippen LogP contribution in [-0.4, -0.2) is 40.9 Å². The maximum Gasteiger partial charge on any atom is 0.312 e. The number of benzene rings is 1. The summed E-state index contributed by atoms with van der Waals surface area (Å²) in [5.41, 5.74) is 4.87. The van der Waals surface area contributed by atoms with Gasteiger partial charge in [0.25, 0.3) is 0 Å². The molecule has 4 rings (SSSR count). The molecule has 8 nitrogen and oxygen atoms in total. The van der Waals surface area contributed by atoms with E-state index in [2.05, 4.69) is 15.3 Å². The number of nitrogens with two attached hydrogens (primary N) is 1. The molecule has 1 fully saturated rings. The third-order valence-corrected chi connectivity index (χ3v) is 5.34. The molecule has 170 valence electrons. The van der Waals surface area contributed by atoms with Crippen LogP contribution >= 0.6 is 0 Å². The molecule has 2 aromatic heterocycles. The van der Waals surface area contributed by atoms with Crippen LogP contribution < -0.4 is 20.5 Å². The fourth-order valence-corrected chi connectivity index (χ4v) is 3.40. The first-order valence-corrected chi connectivity index (χ1v) is 10.3. The van der Waals surface area contributed by atoms with E-state index in [1.807, 2.05) is 0 Å². The minimum atomic E-state index is -1.07. The predicted octanol–water partition coefficient (Wildman–Crippen LogP) is 3.98. The molecule has 1 aromatic carbocycles. The van der Waals surface area contributed by atoms with Gasteiger partial charge in [0.05, 0.1) is 18.8 Å². The molecule has 0 aliphatic heterocycles. The standard InChI is InChI=1S/C22H24F2N4O4/c1-12(27-21(25)29)11-31-15-7-16(23)19(26-10-15)20-28-17-4-3-14(8-18(17)32-20)30-6-5-13-9-22(13,2)24/h3-4,7-8,10,12-13H,5-6,9,11H2,1-2H3,(H3,25,27,29)/t12-,13?,22?/m0/s1. The second-order valence-corrected chi connectivity index (χ2v) is 8.19. The van der Waals surface area contributed by atoms with Crippen LogP contribution in [0.5, 0.6) is 11.5 Å². The molecule has 2 unspecified atom stereocenters. The Morgan fingerprint density at radius 2 is 2.16 bits per heavy atom. The molecule has 1 aliphatic carbocycles. The summed E-state index contributed by atoms with van der Waals surface area (Å²) in [4.78, 5) is 19.2. The van der Waals surface area contributed by atoms with Crippen LogP contribution in [0.1, 0.15) is 26.7 Å². The van der Waals surface area contributed by atoms with Gasteiger partial charge in [-0.1, -0.05) is 0 Å². The summed E-state index contributed by atoms with van der Waals surface area (Å²) in [6.07, 6.45) is 2.56. The maximum absolute atomic E-state index is 14.6. The molecule has 0 radical (unpaired) electrons. The van der Waals surface area contributed by atoms with Gasteiger partial charge in [-0.05, 0) is 44.7 Å². The monoisotopic (exact) mass is 446 g/mol. The van der Waals surface area contributed by atoms with Gasteiger partial charge < -0.3 is 24.9 Å². The molecule has 3 N–H and O–H groups in total. The van der Waals surface area contributed by atoms with E-state index in [9.17, 15) is 13.6 Å². The molecular formula is C22H24F2N4O4. The van der Waals surface area contributed by atoms with Crippen LogP contribution in [0.2, 0.25) is 0 Å². The van der Waals surface area contributed by atoms with Crippen LogP contribution in [0.15, 0.2) is 34.9 Å². The summed E-state index contributed by atoms with van der Waals surface area (Å²) in [5.74, 6) is 0.163. The average Bonchev–Trinajstić information content (AvgIpc) is 3.13. The number of oxazole rings is 1. The molecule has 1 aliphatic rings. The van der Waals surface area contributed by atoms with E-state index in [0.717, 1.165) is 0 Å². The molecule has 0 spiro atoms. The topological polar surface area (TPSA) is 112 Å². The number of ether oxygens (including phenoxy) is 2. The number of pyridine rings is 1. The minimum Gasteiger partial charge on any atom is -0.493 e. The zero-order chi connectivity index (χ0) is 22.9. The highest BCUT2D eigenvalue weighted by atomic mass is 19.1. The smallest absolute Gasteiger partial charge is 0.312 e. The molecule has 0 bridgehead atoms. The number of rotatable bonds is 9. The first kappa shape index (κ1) is 21.8. The van der Waals surface area contributed by atoms with Crippen molar-refractivity contribution in [3.05, 3.63) is 36.3 Å². The minimum absolute atomic E-state index is 0.0242. The highest BCUT2D eigenvalue weighted by Crippen LogP contribution is 2.48. The van der Waals surface area contributed by atoms with Crippen molar-refractivity contribution in [2.24, 2.45) is 11.7 Å². The molecule has 32 heavy (non-hydrogen) atoms. The van der Waals surface area contributed by atoms with Crippen LogP contribution in [0.3, 0.4) is 0 Å². The number of nitrogens with one attached hydrogen (secondary N) is 1. The van der Waals surface area contributed by atoms with Crippen molar-refractivity contribution in [2.75, 3.05) is 13.2 Å². The Balaban J connectivity index is 1.40. The summed E-state index contributed by atoms with van der Waals surface area (Å²) in [6, 6.07) is 5.24. The van der Waals surface area contributed by atoms with Crippen molar-refractivity contribution < 1.29 is 27.5 Å². The van der Waals surface area contributed by atoms with E-state index < -0.39 is 17.5 Å². The van der Waals surface area contributed by atoms with Crippen molar-refractivity contribution in [3.63, 3.8) is 0 Å². The zero-order valence-electron chi connectivity index (χ0n) is 17.7. The fraction of sp³-hybridized carbons (Fsp3) is 0.409. The Morgan fingerprint density at radius 1 is 1.38 bits per heavy atom. The van der Waals surface area contributed by atoms with Gasteiger partial charge >= 0.3 is 6.03 Å². The highest BCUT2D eigenvalue weighted by Gasteiger charge is 2.50. The van der Waals surface area contributed by atoms with E-state index in [0.29, 0.717) is 36.3 Å². The molecule has 0 saturated heterocycles. The van der Waals surface area contributed by atoms with E-state index in [1.54, 1.807) is 32.0 Å². The number of aromatic nitrogens is 2. The van der Waals surface area contributed by atoms with Gasteiger partial charge in [-0.25, -0.2) is 23.5 Å². The molecule has 2 amide bonds. The van der Waals surface area contributed by atoms with Gasteiger partial charge in [0, 0.05) is 12.1 Å². The van der Waals surface area contributed by atoms with Crippen molar-refractivity contribution in [2.45, 2.75) is 38.4 Å². The van der Waals surface area contributed by atoms with Crippen molar-refractivity contribution in [1.82, 2.24) is 15.3 Å². The Morgan fingerprint density at radius 3 is 2.84 bits per heavy atom. The number of nitrogens with zero attached hydrogens (tertiary/aromatic N) is 2. The Bertz CT molecular complexity index is 1130. The van der Waals surface area contributed by atoms with Gasteiger partial charge in [0.15, 0.2) is 17.1 Å². The number of fused-ring (bicyclic) bond motifs is 1. The second kappa shape index (κ2) is 8.60. The van der Waals surface area contributed by atoms with Crippen LogP contribution in [0.4, 0.5) is 13.6 Å². The van der Waals surface area contributed by atoms with Crippen molar-refractivity contribution >= 4 is 17.1 Å². The lowest BCUT2D eigenvalue weighted by Crippen LogP contribution is -2.40. The fourth-order valence-electron chi connectivity index (χ4n) is 3.40. The predicted molar refractivity (Wildman–Crippen MR) is 113 cm³/mol. The van der Waals surface area contributed by atoms with Crippen LogP contribution in [0, 0.1) is 11.7 Å². The van der Waals surface area contributed by atoms with E-state index in [-0.39, 0.29) is 35.9 Å². The SMILES string of the molecule is C[C@@H](COc1cnc(-c2nc3ccc(OCCC4CC4(C)F)cc3o2)c(F)c1)NC(N)=O. The number of halogens is 2. The second-order valence-electron chi connectivity index (χ2n) is 8.19. The Kier molecular flexibility index (Phi) is 5.86. The van der Waals surface area contributed by atoms with Crippen molar-refractivity contribution in [3.8, 4) is 23.1 Å². The zero-order valence-corrected chi connectivity index (χ0v) is 17.7. The number of urea groups is 1. The van der Waals surface area contributed by atoms with Gasteiger partial charge in [-0.15, -0.1) is 0 Å². The summed E-state index contributed by atoms with van der Waals surface area (Å²) in [6.45, 7) is 3.80. The lowest BCUT2D eigenvalue weighted by Gasteiger charge is -2.13. The Hall–Kier alpha value is -3.43.